The lowest BCUT2D eigenvalue weighted by Crippen LogP contribution is -2.24. The molecule has 1 nitrogen and oxygen atoms in total. The second-order valence-electron chi connectivity index (χ2n) is 3.97. The molecular formula is C15H12Cl2O. The van der Waals surface area contributed by atoms with Gasteiger partial charge in [0.2, 0.25) is 0 Å². The molecule has 0 radical (unpaired) electrons. The van der Waals surface area contributed by atoms with Crippen molar-refractivity contribution in [1.29, 1.82) is 0 Å². The van der Waals surface area contributed by atoms with E-state index in [-0.39, 0.29) is 0 Å². The average Bonchev–Trinajstić information content (AvgIpc) is 2.42. The maximum Gasteiger partial charge on any atom is 0.133 e. The minimum absolute atomic E-state index is 0.408. The zero-order valence-corrected chi connectivity index (χ0v) is 11.1. The molecule has 0 fully saturated rings. The van der Waals surface area contributed by atoms with Crippen molar-refractivity contribution >= 4 is 23.2 Å². The lowest BCUT2D eigenvalue weighted by molar-refractivity contribution is 0.135. The highest BCUT2D eigenvalue weighted by atomic mass is 35.5. The van der Waals surface area contributed by atoms with Crippen LogP contribution in [0, 0.1) is 0 Å². The second-order valence-corrected chi connectivity index (χ2v) is 4.78. The summed E-state index contributed by atoms with van der Waals surface area (Å²) < 4.78 is 0. The first-order valence-corrected chi connectivity index (χ1v) is 6.20. The maximum absolute atomic E-state index is 10.8. The molecule has 2 rings (SSSR count). The minimum Gasteiger partial charge on any atom is -0.377 e. The minimum atomic E-state index is -1.27. The molecule has 0 bridgehead atoms. The molecule has 1 atom stereocenters. The maximum atomic E-state index is 10.8. The van der Waals surface area contributed by atoms with Gasteiger partial charge in [0, 0.05) is 0 Å². The van der Waals surface area contributed by atoms with E-state index in [1.807, 2.05) is 30.3 Å². The predicted octanol–water partition coefficient (Wildman–Crippen LogP) is 4.42. The molecule has 0 saturated heterocycles. The van der Waals surface area contributed by atoms with Gasteiger partial charge in [-0.3, -0.25) is 0 Å². The van der Waals surface area contributed by atoms with Gasteiger partial charge in [-0.15, -0.1) is 0 Å². The monoisotopic (exact) mass is 278 g/mol. The molecule has 1 unspecified atom stereocenters. The summed E-state index contributed by atoms with van der Waals surface area (Å²) in [6.07, 6.45) is 1.49. The molecule has 0 aliphatic heterocycles. The van der Waals surface area contributed by atoms with Crippen molar-refractivity contribution in [2.45, 2.75) is 5.60 Å². The molecule has 2 aromatic rings. The van der Waals surface area contributed by atoms with Crippen LogP contribution in [0.1, 0.15) is 11.1 Å². The van der Waals surface area contributed by atoms with Gasteiger partial charge in [-0.2, -0.15) is 0 Å². The van der Waals surface area contributed by atoms with E-state index in [0.29, 0.717) is 15.6 Å². The second kappa shape index (κ2) is 5.15. The van der Waals surface area contributed by atoms with Crippen LogP contribution in [0.2, 0.25) is 10.0 Å². The van der Waals surface area contributed by atoms with E-state index in [4.69, 9.17) is 23.2 Å². The van der Waals surface area contributed by atoms with Gasteiger partial charge < -0.3 is 5.11 Å². The van der Waals surface area contributed by atoms with E-state index in [0.717, 1.165) is 5.56 Å². The Balaban J connectivity index is 2.57. The summed E-state index contributed by atoms with van der Waals surface area (Å²) in [4.78, 5) is 0. The van der Waals surface area contributed by atoms with Crippen LogP contribution in [-0.4, -0.2) is 5.11 Å². The molecular weight excluding hydrogens is 267 g/mol. The quantitative estimate of drug-likeness (QED) is 0.825. The van der Waals surface area contributed by atoms with E-state index < -0.39 is 5.60 Å². The molecule has 0 spiro atoms. The molecule has 0 aromatic heterocycles. The fraction of sp³-hybridized carbons (Fsp3) is 0.0667. The van der Waals surface area contributed by atoms with Gasteiger partial charge in [-0.05, 0) is 23.3 Å². The van der Waals surface area contributed by atoms with Crippen molar-refractivity contribution in [2.75, 3.05) is 0 Å². The Morgan fingerprint density at radius 1 is 0.944 bits per heavy atom. The van der Waals surface area contributed by atoms with Gasteiger partial charge in [-0.25, -0.2) is 0 Å². The van der Waals surface area contributed by atoms with Gasteiger partial charge in [0.05, 0.1) is 10.0 Å². The van der Waals surface area contributed by atoms with Crippen LogP contribution in [0.15, 0.2) is 61.2 Å². The third-order valence-corrected chi connectivity index (χ3v) is 3.61. The van der Waals surface area contributed by atoms with Gasteiger partial charge in [-0.1, -0.05) is 72.3 Å². The van der Waals surface area contributed by atoms with Gasteiger partial charge >= 0.3 is 0 Å². The fourth-order valence-corrected chi connectivity index (χ4v) is 2.13. The van der Waals surface area contributed by atoms with Crippen molar-refractivity contribution in [3.05, 3.63) is 82.4 Å². The summed E-state index contributed by atoms with van der Waals surface area (Å²) in [6, 6.07) is 14.3. The Bertz CT molecular complexity index is 566. The van der Waals surface area contributed by atoms with E-state index in [2.05, 4.69) is 6.58 Å². The summed E-state index contributed by atoms with van der Waals surface area (Å²) >= 11 is 11.9. The van der Waals surface area contributed by atoms with Crippen LogP contribution in [0.5, 0.6) is 0 Å². The molecule has 0 aliphatic rings. The molecule has 0 saturated carbocycles. The van der Waals surface area contributed by atoms with E-state index in [1.165, 1.54) is 6.08 Å². The number of hydrogen-bond donors (Lipinski definition) is 1. The van der Waals surface area contributed by atoms with Crippen LogP contribution in [0.25, 0.3) is 0 Å². The summed E-state index contributed by atoms with van der Waals surface area (Å²) in [6.45, 7) is 3.71. The molecule has 0 heterocycles. The highest BCUT2D eigenvalue weighted by Gasteiger charge is 2.28. The van der Waals surface area contributed by atoms with Crippen LogP contribution >= 0.6 is 23.2 Å². The van der Waals surface area contributed by atoms with Crippen LogP contribution in [-0.2, 0) is 5.60 Å². The predicted molar refractivity (Wildman–Crippen MR) is 76.1 cm³/mol. The number of halogens is 2. The van der Waals surface area contributed by atoms with E-state index in [1.54, 1.807) is 18.2 Å². The summed E-state index contributed by atoms with van der Waals surface area (Å²) in [7, 11) is 0. The van der Waals surface area contributed by atoms with Crippen LogP contribution in [0.4, 0.5) is 0 Å². The van der Waals surface area contributed by atoms with Crippen molar-refractivity contribution in [3.8, 4) is 0 Å². The molecule has 1 N–H and O–H groups in total. The molecule has 2 aromatic carbocycles. The van der Waals surface area contributed by atoms with Crippen molar-refractivity contribution in [2.24, 2.45) is 0 Å². The lowest BCUT2D eigenvalue weighted by Gasteiger charge is -2.25. The Morgan fingerprint density at radius 2 is 1.61 bits per heavy atom. The van der Waals surface area contributed by atoms with Crippen LogP contribution in [0.3, 0.4) is 0 Å². The molecule has 0 amide bonds. The molecule has 0 aliphatic carbocycles. The number of rotatable bonds is 3. The molecule has 18 heavy (non-hydrogen) atoms. The Morgan fingerprint density at radius 3 is 2.17 bits per heavy atom. The zero-order chi connectivity index (χ0) is 13.2. The number of aliphatic hydroxyl groups is 1. The average molecular weight is 279 g/mol. The molecule has 3 heteroatoms. The topological polar surface area (TPSA) is 20.2 Å². The van der Waals surface area contributed by atoms with Crippen molar-refractivity contribution < 1.29 is 5.11 Å². The largest absolute Gasteiger partial charge is 0.377 e. The smallest absolute Gasteiger partial charge is 0.133 e. The van der Waals surface area contributed by atoms with Gasteiger partial charge in [0.15, 0.2) is 0 Å². The SMILES string of the molecule is C=CC(O)(c1ccccc1)c1ccc(Cl)c(Cl)c1. The summed E-state index contributed by atoms with van der Waals surface area (Å²) in [5, 5.41) is 11.6. The number of benzene rings is 2. The Hall–Kier alpha value is -1.28. The highest BCUT2D eigenvalue weighted by Crippen LogP contribution is 2.34. The van der Waals surface area contributed by atoms with Crippen molar-refractivity contribution in [3.63, 3.8) is 0 Å². The fourth-order valence-electron chi connectivity index (χ4n) is 1.83. The Kier molecular flexibility index (Phi) is 3.76. The third kappa shape index (κ3) is 2.30. The van der Waals surface area contributed by atoms with Crippen molar-refractivity contribution in [1.82, 2.24) is 0 Å². The summed E-state index contributed by atoms with van der Waals surface area (Å²) in [5.74, 6) is 0. The first-order valence-electron chi connectivity index (χ1n) is 5.45. The first-order chi connectivity index (χ1) is 8.58. The zero-order valence-electron chi connectivity index (χ0n) is 9.61. The normalized spacial score (nSPS) is 13.9. The highest BCUT2D eigenvalue weighted by molar-refractivity contribution is 6.42. The first kappa shape index (κ1) is 13.2. The van der Waals surface area contributed by atoms with Gasteiger partial charge in [0.25, 0.3) is 0 Å². The van der Waals surface area contributed by atoms with E-state index in [9.17, 15) is 5.11 Å². The lowest BCUT2D eigenvalue weighted by atomic mass is 9.86. The van der Waals surface area contributed by atoms with Gasteiger partial charge in [0.1, 0.15) is 5.60 Å². The summed E-state index contributed by atoms with van der Waals surface area (Å²) in [5.41, 5.74) is 0.103. The Labute approximate surface area is 116 Å². The molecule has 92 valence electrons. The third-order valence-electron chi connectivity index (χ3n) is 2.87. The standard InChI is InChI=1S/C15H12Cl2O/c1-2-15(18,11-6-4-3-5-7-11)12-8-9-13(16)14(17)10-12/h2-10,18H,1H2. The van der Waals surface area contributed by atoms with Crippen LogP contribution < -0.4 is 0 Å². The van der Waals surface area contributed by atoms with E-state index >= 15 is 0 Å². The number of hydrogen-bond acceptors (Lipinski definition) is 1.